The minimum Gasteiger partial charge on any atom is -0.492 e. The van der Waals surface area contributed by atoms with E-state index in [9.17, 15) is 8.42 Å². The molecule has 0 unspecified atom stereocenters. The number of sulfonamides is 1. The van der Waals surface area contributed by atoms with Gasteiger partial charge in [0.05, 0.1) is 16.2 Å². The van der Waals surface area contributed by atoms with E-state index in [4.69, 9.17) is 16.3 Å². The number of nitrogens with zero attached hydrogens (tertiary/aromatic N) is 2. The Morgan fingerprint density at radius 1 is 1.21 bits per heavy atom. The van der Waals surface area contributed by atoms with Crippen LogP contribution in [0, 0.1) is 0 Å². The van der Waals surface area contributed by atoms with Gasteiger partial charge in [0.1, 0.15) is 11.3 Å². The second-order valence-electron chi connectivity index (χ2n) is 5.00. The Hall–Kier alpha value is -1.83. The number of aryl methyl sites for hydroxylation is 1. The number of para-hydroxylation sites is 1. The fourth-order valence-electron chi connectivity index (χ4n) is 2.29. The van der Waals surface area contributed by atoms with Gasteiger partial charge >= 0.3 is 0 Å². The monoisotopic (exact) mass is 382 g/mol. The Labute approximate surface area is 148 Å². The van der Waals surface area contributed by atoms with E-state index in [1.165, 1.54) is 35.6 Å². The maximum Gasteiger partial charge on any atom is 0.285 e. The van der Waals surface area contributed by atoms with Crippen molar-refractivity contribution >= 4 is 43.2 Å². The van der Waals surface area contributed by atoms with Gasteiger partial charge in [-0.15, -0.1) is 4.40 Å². The third-order valence-corrected chi connectivity index (χ3v) is 6.14. The van der Waals surface area contributed by atoms with E-state index in [1.807, 2.05) is 25.1 Å². The van der Waals surface area contributed by atoms with Crippen LogP contribution in [0.25, 0.3) is 10.2 Å². The number of fused-ring (bicyclic) bond motifs is 1. The average molecular weight is 383 g/mol. The van der Waals surface area contributed by atoms with Gasteiger partial charge in [-0.2, -0.15) is 8.42 Å². The minimum atomic E-state index is -3.81. The Balaban J connectivity index is 2.18. The molecule has 0 N–H and O–H groups in total. The molecule has 0 fully saturated rings. The van der Waals surface area contributed by atoms with Crippen LogP contribution in [-0.2, 0) is 17.1 Å². The lowest BCUT2D eigenvalue weighted by atomic mass is 10.3. The van der Waals surface area contributed by atoms with Crippen LogP contribution in [0.5, 0.6) is 5.75 Å². The molecule has 5 nitrogen and oxygen atoms in total. The molecule has 3 rings (SSSR count). The van der Waals surface area contributed by atoms with Gasteiger partial charge in [0, 0.05) is 12.1 Å². The lowest BCUT2D eigenvalue weighted by Gasteiger charge is -2.05. The first-order valence-electron chi connectivity index (χ1n) is 7.20. The van der Waals surface area contributed by atoms with Crippen LogP contribution < -0.4 is 9.54 Å². The number of thiazole rings is 1. The molecule has 0 amide bonds. The summed E-state index contributed by atoms with van der Waals surface area (Å²) in [5.74, 6) is 0.707. The van der Waals surface area contributed by atoms with Crippen LogP contribution in [0.4, 0.5) is 0 Å². The number of benzene rings is 2. The zero-order valence-electron chi connectivity index (χ0n) is 13.1. The van der Waals surface area contributed by atoms with Crippen molar-refractivity contribution in [1.82, 2.24) is 4.57 Å². The SMILES string of the molecule is CCOc1cccc2s/c(=N\S(=O)(=O)c3ccc(Cl)cc3)n(C)c12. The van der Waals surface area contributed by atoms with Gasteiger partial charge in [0.15, 0.2) is 0 Å². The van der Waals surface area contributed by atoms with Crippen molar-refractivity contribution in [1.29, 1.82) is 0 Å². The first kappa shape index (κ1) is 17.0. The Morgan fingerprint density at radius 3 is 2.58 bits per heavy atom. The number of halogens is 1. The van der Waals surface area contributed by atoms with Gasteiger partial charge in [-0.05, 0) is 43.3 Å². The molecule has 0 saturated heterocycles. The normalized spacial score (nSPS) is 12.7. The molecular formula is C16H15ClN2O3S2. The van der Waals surface area contributed by atoms with Gasteiger partial charge in [0.25, 0.3) is 10.0 Å². The molecule has 1 aromatic heterocycles. The highest BCUT2D eigenvalue weighted by Gasteiger charge is 2.15. The standard InChI is InChI=1S/C16H15ClN2O3S2/c1-3-22-13-5-4-6-14-15(13)19(2)16(23-14)18-24(20,21)12-9-7-11(17)8-10-12/h4-10H,3H2,1-2H3/b18-16-. The molecule has 126 valence electrons. The number of aromatic nitrogens is 1. The van der Waals surface area contributed by atoms with Crippen molar-refractivity contribution in [2.45, 2.75) is 11.8 Å². The van der Waals surface area contributed by atoms with Crippen molar-refractivity contribution in [3.63, 3.8) is 0 Å². The topological polar surface area (TPSA) is 60.7 Å². The highest BCUT2D eigenvalue weighted by atomic mass is 35.5. The molecule has 0 saturated carbocycles. The average Bonchev–Trinajstić information content (AvgIpc) is 2.85. The maximum absolute atomic E-state index is 12.5. The molecule has 0 atom stereocenters. The van der Waals surface area contributed by atoms with Gasteiger partial charge in [-0.1, -0.05) is 29.0 Å². The van der Waals surface area contributed by atoms with Crippen LogP contribution in [0.1, 0.15) is 6.92 Å². The maximum atomic E-state index is 12.5. The first-order chi connectivity index (χ1) is 11.4. The predicted molar refractivity (Wildman–Crippen MR) is 96.2 cm³/mol. The summed E-state index contributed by atoms with van der Waals surface area (Å²) in [6.45, 7) is 2.44. The molecule has 2 aromatic carbocycles. The summed E-state index contributed by atoms with van der Waals surface area (Å²) in [4.78, 5) is 0.487. The minimum absolute atomic E-state index is 0.106. The molecule has 0 aliphatic rings. The third kappa shape index (κ3) is 3.19. The summed E-state index contributed by atoms with van der Waals surface area (Å²) < 4.78 is 37.3. The summed E-state index contributed by atoms with van der Waals surface area (Å²) in [5, 5.41) is 0.475. The molecule has 3 aromatic rings. The van der Waals surface area contributed by atoms with Crippen LogP contribution in [0.3, 0.4) is 0 Å². The van der Waals surface area contributed by atoms with E-state index < -0.39 is 10.0 Å². The molecule has 0 aliphatic heterocycles. The van der Waals surface area contributed by atoms with Crippen LogP contribution in [-0.4, -0.2) is 19.6 Å². The number of rotatable bonds is 4. The smallest absolute Gasteiger partial charge is 0.285 e. The molecule has 8 heteroatoms. The molecule has 0 spiro atoms. The van der Waals surface area contributed by atoms with Gasteiger partial charge in [0.2, 0.25) is 4.80 Å². The van der Waals surface area contributed by atoms with Gasteiger partial charge in [-0.3, -0.25) is 0 Å². The van der Waals surface area contributed by atoms with Crippen molar-refractivity contribution in [2.75, 3.05) is 6.61 Å². The van der Waals surface area contributed by atoms with E-state index in [-0.39, 0.29) is 4.90 Å². The molecular weight excluding hydrogens is 368 g/mol. The fourth-order valence-corrected chi connectivity index (χ4v) is 4.68. The summed E-state index contributed by atoms with van der Waals surface area (Å²) in [7, 11) is -2.03. The number of hydrogen-bond acceptors (Lipinski definition) is 4. The molecule has 0 aliphatic carbocycles. The fraction of sp³-hybridized carbons (Fsp3) is 0.188. The highest BCUT2D eigenvalue weighted by molar-refractivity contribution is 7.90. The van der Waals surface area contributed by atoms with E-state index in [0.717, 1.165) is 10.2 Å². The summed E-state index contributed by atoms with van der Waals surface area (Å²) in [6, 6.07) is 11.6. The van der Waals surface area contributed by atoms with Crippen molar-refractivity contribution in [2.24, 2.45) is 11.4 Å². The van der Waals surface area contributed by atoms with E-state index in [1.54, 1.807) is 11.6 Å². The Bertz CT molecular complexity index is 1050. The van der Waals surface area contributed by atoms with Crippen LogP contribution >= 0.6 is 22.9 Å². The highest BCUT2D eigenvalue weighted by Crippen LogP contribution is 2.27. The molecule has 24 heavy (non-hydrogen) atoms. The van der Waals surface area contributed by atoms with Crippen LogP contribution in [0.2, 0.25) is 5.02 Å². The molecule has 0 radical (unpaired) electrons. The second-order valence-corrected chi connectivity index (χ2v) is 8.05. The number of hydrogen-bond donors (Lipinski definition) is 0. The zero-order valence-corrected chi connectivity index (χ0v) is 15.5. The van der Waals surface area contributed by atoms with Crippen molar-refractivity contribution < 1.29 is 13.2 Å². The zero-order chi connectivity index (χ0) is 17.3. The van der Waals surface area contributed by atoms with E-state index in [0.29, 0.717) is 22.2 Å². The Morgan fingerprint density at radius 2 is 1.92 bits per heavy atom. The quantitative estimate of drug-likeness (QED) is 0.692. The van der Waals surface area contributed by atoms with Crippen LogP contribution in [0.15, 0.2) is 51.8 Å². The first-order valence-corrected chi connectivity index (χ1v) is 9.84. The van der Waals surface area contributed by atoms with E-state index >= 15 is 0 Å². The lowest BCUT2D eigenvalue weighted by molar-refractivity contribution is 0.343. The molecule has 1 heterocycles. The largest absolute Gasteiger partial charge is 0.492 e. The van der Waals surface area contributed by atoms with E-state index in [2.05, 4.69) is 4.40 Å². The molecule has 0 bridgehead atoms. The summed E-state index contributed by atoms with van der Waals surface area (Å²) in [5.41, 5.74) is 0.828. The Kier molecular flexibility index (Phi) is 4.67. The summed E-state index contributed by atoms with van der Waals surface area (Å²) in [6.07, 6.45) is 0. The van der Waals surface area contributed by atoms with Gasteiger partial charge < -0.3 is 9.30 Å². The predicted octanol–water partition coefficient (Wildman–Crippen LogP) is 3.58. The lowest BCUT2D eigenvalue weighted by Crippen LogP contribution is -2.14. The van der Waals surface area contributed by atoms with Crippen molar-refractivity contribution in [3.8, 4) is 5.75 Å². The second kappa shape index (κ2) is 6.58. The van der Waals surface area contributed by atoms with Gasteiger partial charge in [-0.25, -0.2) is 0 Å². The number of ether oxygens (including phenoxy) is 1. The third-order valence-electron chi connectivity index (χ3n) is 3.40. The van der Waals surface area contributed by atoms with Crippen molar-refractivity contribution in [3.05, 3.63) is 52.3 Å². The summed E-state index contributed by atoms with van der Waals surface area (Å²) >= 11 is 7.11.